The fourth-order valence-electron chi connectivity index (χ4n) is 2.87. The molecule has 1 saturated heterocycles. The SMILES string of the molecule is CN1CCCCC1Cn1cncc1-c1ccc(N)nc1. The molecular formula is C15H21N5. The van der Waals surface area contributed by atoms with Gasteiger partial charge in [-0.1, -0.05) is 6.42 Å². The molecule has 20 heavy (non-hydrogen) atoms. The molecule has 1 unspecified atom stereocenters. The van der Waals surface area contributed by atoms with Crippen molar-refractivity contribution in [3.63, 3.8) is 0 Å². The van der Waals surface area contributed by atoms with Crippen LogP contribution in [0.15, 0.2) is 30.9 Å². The van der Waals surface area contributed by atoms with Crippen LogP contribution < -0.4 is 5.73 Å². The summed E-state index contributed by atoms with van der Waals surface area (Å²) in [6, 6.07) is 4.43. The molecule has 1 aliphatic heterocycles. The first-order valence-electron chi connectivity index (χ1n) is 7.16. The molecule has 5 heteroatoms. The smallest absolute Gasteiger partial charge is 0.123 e. The second-order valence-corrected chi connectivity index (χ2v) is 5.53. The van der Waals surface area contributed by atoms with Crippen molar-refractivity contribution >= 4 is 5.82 Å². The summed E-state index contributed by atoms with van der Waals surface area (Å²) < 4.78 is 2.22. The highest BCUT2D eigenvalue weighted by Gasteiger charge is 2.20. The maximum Gasteiger partial charge on any atom is 0.123 e. The lowest BCUT2D eigenvalue weighted by Gasteiger charge is -2.33. The average Bonchev–Trinajstić information content (AvgIpc) is 2.90. The molecule has 2 aromatic rings. The molecule has 106 valence electrons. The van der Waals surface area contributed by atoms with Crippen molar-refractivity contribution in [2.45, 2.75) is 31.8 Å². The third-order valence-corrected chi connectivity index (χ3v) is 4.12. The Hall–Kier alpha value is -1.88. The Kier molecular flexibility index (Phi) is 3.69. The van der Waals surface area contributed by atoms with Gasteiger partial charge in [-0.2, -0.15) is 0 Å². The molecule has 5 nitrogen and oxygen atoms in total. The Morgan fingerprint density at radius 3 is 2.95 bits per heavy atom. The Morgan fingerprint density at radius 2 is 2.20 bits per heavy atom. The minimum atomic E-state index is 0.548. The van der Waals surface area contributed by atoms with E-state index < -0.39 is 0 Å². The first-order chi connectivity index (χ1) is 9.74. The highest BCUT2D eigenvalue weighted by molar-refractivity contribution is 5.59. The Labute approximate surface area is 119 Å². The number of aromatic nitrogens is 3. The fourth-order valence-corrected chi connectivity index (χ4v) is 2.87. The standard InChI is InChI=1S/C15H21N5/c1-19-7-3-2-4-13(19)10-20-11-17-9-14(20)12-5-6-15(16)18-8-12/h5-6,8-9,11,13H,2-4,7,10H2,1H3,(H2,16,18). The van der Waals surface area contributed by atoms with Gasteiger partial charge in [-0.15, -0.1) is 0 Å². The third-order valence-electron chi connectivity index (χ3n) is 4.12. The van der Waals surface area contributed by atoms with Crippen LogP contribution in [-0.2, 0) is 6.54 Å². The molecule has 2 aromatic heterocycles. The number of likely N-dealkylation sites (N-methyl/N-ethyl adjacent to an activating group) is 1. The van der Waals surface area contributed by atoms with Gasteiger partial charge in [0.2, 0.25) is 0 Å². The minimum absolute atomic E-state index is 0.548. The molecule has 2 N–H and O–H groups in total. The lowest BCUT2D eigenvalue weighted by Crippen LogP contribution is -2.39. The van der Waals surface area contributed by atoms with Crippen LogP contribution in [0.3, 0.4) is 0 Å². The van der Waals surface area contributed by atoms with Crippen molar-refractivity contribution in [2.24, 2.45) is 0 Å². The number of hydrogen-bond donors (Lipinski definition) is 1. The predicted octanol–water partition coefficient (Wildman–Crippen LogP) is 2.01. The van der Waals surface area contributed by atoms with Gasteiger partial charge in [0.1, 0.15) is 5.82 Å². The molecule has 0 spiro atoms. The highest BCUT2D eigenvalue weighted by atomic mass is 15.2. The second-order valence-electron chi connectivity index (χ2n) is 5.53. The lowest BCUT2D eigenvalue weighted by atomic mass is 10.0. The van der Waals surface area contributed by atoms with Crippen LogP contribution in [0.2, 0.25) is 0 Å². The van der Waals surface area contributed by atoms with E-state index in [0.29, 0.717) is 11.9 Å². The van der Waals surface area contributed by atoms with Crippen LogP contribution in [0.1, 0.15) is 19.3 Å². The van der Waals surface area contributed by atoms with Gasteiger partial charge in [-0.25, -0.2) is 9.97 Å². The maximum atomic E-state index is 5.65. The average molecular weight is 271 g/mol. The molecule has 3 rings (SSSR count). The van der Waals surface area contributed by atoms with Gasteiger partial charge >= 0.3 is 0 Å². The van der Waals surface area contributed by atoms with Gasteiger partial charge in [-0.3, -0.25) is 0 Å². The summed E-state index contributed by atoms with van der Waals surface area (Å²) in [7, 11) is 2.21. The molecule has 0 radical (unpaired) electrons. The molecule has 0 aliphatic carbocycles. The van der Waals surface area contributed by atoms with E-state index >= 15 is 0 Å². The summed E-state index contributed by atoms with van der Waals surface area (Å²) in [5, 5.41) is 0. The van der Waals surface area contributed by atoms with Crippen LogP contribution in [0, 0.1) is 0 Å². The summed E-state index contributed by atoms with van der Waals surface area (Å²) >= 11 is 0. The van der Waals surface area contributed by atoms with Crippen LogP contribution in [-0.4, -0.2) is 39.1 Å². The minimum Gasteiger partial charge on any atom is -0.384 e. The van der Waals surface area contributed by atoms with E-state index in [-0.39, 0.29) is 0 Å². The van der Waals surface area contributed by atoms with Gasteiger partial charge in [0.25, 0.3) is 0 Å². The zero-order valence-corrected chi connectivity index (χ0v) is 11.9. The summed E-state index contributed by atoms with van der Waals surface area (Å²) in [6.07, 6.45) is 9.51. The Morgan fingerprint density at radius 1 is 1.30 bits per heavy atom. The number of anilines is 1. The van der Waals surface area contributed by atoms with Crippen molar-refractivity contribution < 1.29 is 0 Å². The van der Waals surface area contributed by atoms with Crippen LogP contribution in [0.5, 0.6) is 0 Å². The van der Waals surface area contributed by atoms with E-state index in [1.165, 1.54) is 25.8 Å². The van der Waals surface area contributed by atoms with Crippen molar-refractivity contribution in [3.05, 3.63) is 30.9 Å². The van der Waals surface area contributed by atoms with E-state index in [1.807, 2.05) is 30.9 Å². The largest absolute Gasteiger partial charge is 0.384 e. The first kappa shape index (κ1) is 13.1. The molecule has 0 amide bonds. The molecule has 1 aliphatic rings. The number of imidazole rings is 1. The second kappa shape index (κ2) is 5.63. The molecule has 1 fully saturated rings. The van der Waals surface area contributed by atoms with Crippen molar-refractivity contribution in [2.75, 3.05) is 19.3 Å². The number of nitrogens with two attached hydrogens (primary N) is 1. The normalized spacial score (nSPS) is 20.1. The topological polar surface area (TPSA) is 60.0 Å². The van der Waals surface area contributed by atoms with Gasteiger partial charge < -0.3 is 15.2 Å². The monoisotopic (exact) mass is 271 g/mol. The van der Waals surface area contributed by atoms with Crippen LogP contribution in [0.4, 0.5) is 5.82 Å². The van der Waals surface area contributed by atoms with E-state index in [0.717, 1.165) is 17.8 Å². The first-order valence-corrected chi connectivity index (χ1v) is 7.16. The van der Waals surface area contributed by atoms with Crippen molar-refractivity contribution in [3.8, 4) is 11.3 Å². The summed E-state index contributed by atoms with van der Waals surface area (Å²) in [6.45, 7) is 2.17. The molecule has 1 atom stereocenters. The number of likely N-dealkylation sites (tertiary alicyclic amines) is 1. The van der Waals surface area contributed by atoms with E-state index in [2.05, 4.69) is 26.5 Å². The summed E-state index contributed by atoms with van der Waals surface area (Å²) in [5.74, 6) is 0.548. The summed E-state index contributed by atoms with van der Waals surface area (Å²) in [5.41, 5.74) is 7.82. The van der Waals surface area contributed by atoms with Gasteiger partial charge in [0.05, 0.1) is 18.2 Å². The fraction of sp³-hybridized carbons (Fsp3) is 0.467. The van der Waals surface area contributed by atoms with Crippen molar-refractivity contribution in [1.29, 1.82) is 0 Å². The number of nitrogen functional groups attached to an aromatic ring is 1. The quantitative estimate of drug-likeness (QED) is 0.927. The molecule has 3 heterocycles. The number of hydrogen-bond acceptors (Lipinski definition) is 4. The molecule has 0 aromatic carbocycles. The van der Waals surface area contributed by atoms with E-state index in [1.54, 1.807) is 0 Å². The third kappa shape index (κ3) is 2.67. The highest BCUT2D eigenvalue weighted by Crippen LogP contribution is 2.22. The molecule has 0 bridgehead atoms. The van der Waals surface area contributed by atoms with Gasteiger partial charge in [-0.05, 0) is 38.6 Å². The van der Waals surface area contributed by atoms with Crippen molar-refractivity contribution in [1.82, 2.24) is 19.4 Å². The van der Waals surface area contributed by atoms with E-state index in [4.69, 9.17) is 5.73 Å². The predicted molar refractivity (Wildman–Crippen MR) is 80.1 cm³/mol. The zero-order valence-electron chi connectivity index (χ0n) is 11.9. The number of piperidine rings is 1. The maximum absolute atomic E-state index is 5.65. The lowest BCUT2D eigenvalue weighted by molar-refractivity contribution is 0.168. The Balaban J connectivity index is 1.81. The molecule has 0 saturated carbocycles. The van der Waals surface area contributed by atoms with Gasteiger partial charge in [0.15, 0.2) is 0 Å². The number of nitrogens with zero attached hydrogens (tertiary/aromatic N) is 4. The summed E-state index contributed by atoms with van der Waals surface area (Å²) in [4.78, 5) is 10.9. The van der Waals surface area contributed by atoms with Crippen LogP contribution >= 0.6 is 0 Å². The van der Waals surface area contributed by atoms with Gasteiger partial charge in [0, 0.05) is 24.3 Å². The zero-order chi connectivity index (χ0) is 13.9. The van der Waals surface area contributed by atoms with Crippen LogP contribution in [0.25, 0.3) is 11.3 Å². The molecular weight excluding hydrogens is 250 g/mol. The Bertz CT molecular complexity index is 560. The number of rotatable bonds is 3. The van der Waals surface area contributed by atoms with E-state index in [9.17, 15) is 0 Å². The number of pyridine rings is 1.